The molecule has 0 spiro atoms. The number of nitrogens with zero attached hydrogens (tertiary/aromatic N) is 1. The topological polar surface area (TPSA) is 59.6 Å². The van der Waals surface area contributed by atoms with Crippen LogP contribution in [0.25, 0.3) is 0 Å². The van der Waals surface area contributed by atoms with E-state index in [-0.39, 0.29) is 24.0 Å². The first-order valence-electron chi connectivity index (χ1n) is 5.90. The summed E-state index contributed by atoms with van der Waals surface area (Å²) in [6.45, 7) is 1.31. The Morgan fingerprint density at radius 2 is 2.16 bits per heavy atom. The number of halogens is 1. The molecule has 0 atom stereocenters. The predicted molar refractivity (Wildman–Crippen MR) is 95.7 cm³/mol. The molecule has 0 aliphatic heterocycles. The van der Waals surface area contributed by atoms with Gasteiger partial charge in [0.25, 0.3) is 0 Å². The van der Waals surface area contributed by atoms with Gasteiger partial charge in [-0.25, -0.2) is 0 Å². The summed E-state index contributed by atoms with van der Waals surface area (Å²) < 4.78 is 5.14. The Labute approximate surface area is 136 Å². The Morgan fingerprint density at radius 3 is 2.84 bits per heavy atom. The summed E-state index contributed by atoms with van der Waals surface area (Å²) in [7, 11) is 1.68. The number of aliphatic imine (C=N–C) groups is 1. The number of nitrogens with two attached hydrogens (primary N) is 1. The van der Waals surface area contributed by atoms with E-state index in [0.29, 0.717) is 12.6 Å². The molecule has 1 aromatic carbocycles. The van der Waals surface area contributed by atoms with Crippen LogP contribution in [0.2, 0.25) is 0 Å². The van der Waals surface area contributed by atoms with Gasteiger partial charge in [-0.1, -0.05) is 18.2 Å². The Balaban J connectivity index is 0.00000324. The first-order valence-corrected chi connectivity index (χ1v) is 7.30. The van der Waals surface area contributed by atoms with Gasteiger partial charge in [-0.15, -0.1) is 24.0 Å². The van der Waals surface area contributed by atoms with Gasteiger partial charge in [-0.05, 0) is 24.5 Å². The summed E-state index contributed by atoms with van der Waals surface area (Å²) in [5.41, 5.74) is 7.87. The minimum Gasteiger partial charge on any atom is -0.380 e. The van der Waals surface area contributed by atoms with Crippen molar-refractivity contribution in [3.63, 3.8) is 0 Å². The Bertz CT molecular complexity index is 388. The third-order valence-electron chi connectivity index (χ3n) is 2.37. The number of thioether (sulfide) groups is 1. The molecule has 4 nitrogen and oxygen atoms in total. The van der Waals surface area contributed by atoms with Gasteiger partial charge in [0.1, 0.15) is 0 Å². The lowest BCUT2D eigenvalue weighted by Crippen LogP contribution is -2.23. The van der Waals surface area contributed by atoms with Crippen molar-refractivity contribution in [2.75, 3.05) is 31.0 Å². The highest BCUT2D eigenvalue weighted by molar-refractivity contribution is 14.0. The van der Waals surface area contributed by atoms with E-state index in [2.05, 4.69) is 16.6 Å². The van der Waals surface area contributed by atoms with Crippen LogP contribution in [0.15, 0.2) is 29.3 Å². The number of para-hydroxylation sites is 1. The van der Waals surface area contributed by atoms with Gasteiger partial charge in [0, 0.05) is 24.9 Å². The molecular formula is C13H22IN3OS. The smallest absolute Gasteiger partial charge is 0.193 e. The largest absolute Gasteiger partial charge is 0.380 e. The predicted octanol–water partition coefficient (Wildman–Crippen LogP) is 2.93. The zero-order valence-corrected chi connectivity index (χ0v) is 14.5. The lowest BCUT2D eigenvalue weighted by Gasteiger charge is -2.10. The molecule has 108 valence electrons. The summed E-state index contributed by atoms with van der Waals surface area (Å²) in [6, 6.07) is 7.92. The van der Waals surface area contributed by atoms with E-state index in [4.69, 9.17) is 10.5 Å². The van der Waals surface area contributed by atoms with Gasteiger partial charge in [0.05, 0.1) is 6.61 Å². The fourth-order valence-electron chi connectivity index (χ4n) is 1.51. The summed E-state index contributed by atoms with van der Waals surface area (Å²) in [4.78, 5) is 4.29. The molecule has 0 bridgehead atoms. The van der Waals surface area contributed by atoms with Gasteiger partial charge < -0.3 is 15.8 Å². The molecule has 1 rings (SSSR count). The highest BCUT2D eigenvalue weighted by Crippen LogP contribution is 2.15. The molecule has 0 aromatic heterocycles. The number of ether oxygens (including phenoxy) is 1. The minimum atomic E-state index is 0. The number of benzene rings is 1. The minimum absolute atomic E-state index is 0. The van der Waals surface area contributed by atoms with Gasteiger partial charge in [0.15, 0.2) is 5.96 Å². The van der Waals surface area contributed by atoms with Crippen molar-refractivity contribution in [3.8, 4) is 0 Å². The fraction of sp³-hybridized carbons (Fsp3) is 0.462. The van der Waals surface area contributed by atoms with Crippen LogP contribution in [0.5, 0.6) is 0 Å². The Morgan fingerprint density at radius 1 is 1.42 bits per heavy atom. The van der Waals surface area contributed by atoms with E-state index in [1.165, 1.54) is 0 Å². The van der Waals surface area contributed by atoms with Crippen molar-refractivity contribution < 1.29 is 4.74 Å². The lowest BCUT2D eigenvalue weighted by molar-refractivity contribution is 0.185. The van der Waals surface area contributed by atoms with E-state index < -0.39 is 0 Å². The molecule has 19 heavy (non-hydrogen) atoms. The molecule has 0 amide bonds. The molecule has 3 N–H and O–H groups in total. The zero-order valence-electron chi connectivity index (χ0n) is 11.4. The van der Waals surface area contributed by atoms with Crippen molar-refractivity contribution in [1.82, 2.24) is 0 Å². The maximum Gasteiger partial charge on any atom is 0.193 e. The van der Waals surface area contributed by atoms with Crippen molar-refractivity contribution in [2.45, 2.75) is 13.0 Å². The van der Waals surface area contributed by atoms with Crippen molar-refractivity contribution in [3.05, 3.63) is 29.8 Å². The third-order valence-corrected chi connectivity index (χ3v) is 3.07. The highest BCUT2D eigenvalue weighted by Gasteiger charge is 2.01. The van der Waals surface area contributed by atoms with Crippen LogP contribution in [0.3, 0.4) is 0 Å². The van der Waals surface area contributed by atoms with Crippen molar-refractivity contribution >= 4 is 47.4 Å². The van der Waals surface area contributed by atoms with Crippen LogP contribution in [0, 0.1) is 0 Å². The quantitative estimate of drug-likeness (QED) is 0.323. The molecule has 0 aliphatic carbocycles. The first-order chi connectivity index (χ1) is 8.77. The maximum absolute atomic E-state index is 5.84. The number of anilines is 1. The zero-order chi connectivity index (χ0) is 13.2. The van der Waals surface area contributed by atoms with E-state index in [9.17, 15) is 0 Å². The van der Waals surface area contributed by atoms with Crippen LogP contribution < -0.4 is 11.1 Å². The van der Waals surface area contributed by atoms with Gasteiger partial charge >= 0.3 is 0 Å². The summed E-state index contributed by atoms with van der Waals surface area (Å²) >= 11 is 1.82. The monoisotopic (exact) mass is 395 g/mol. The molecule has 0 saturated heterocycles. The van der Waals surface area contributed by atoms with Gasteiger partial charge in [0.2, 0.25) is 0 Å². The number of guanidine groups is 1. The van der Waals surface area contributed by atoms with Crippen molar-refractivity contribution in [2.24, 2.45) is 10.7 Å². The Hall–Kier alpha value is -0.470. The van der Waals surface area contributed by atoms with E-state index in [0.717, 1.165) is 30.0 Å². The second-order valence-corrected chi connectivity index (χ2v) is 4.81. The van der Waals surface area contributed by atoms with Crippen LogP contribution in [0.1, 0.15) is 12.0 Å². The van der Waals surface area contributed by atoms with Crippen LogP contribution in [-0.4, -0.2) is 31.6 Å². The lowest BCUT2D eigenvalue weighted by atomic mass is 10.2. The molecule has 0 saturated carbocycles. The average molecular weight is 395 g/mol. The second kappa shape index (κ2) is 11.4. The number of hydrogen-bond acceptors (Lipinski definition) is 3. The van der Waals surface area contributed by atoms with E-state index in [1.54, 1.807) is 7.11 Å². The second-order valence-electron chi connectivity index (χ2n) is 3.83. The van der Waals surface area contributed by atoms with Gasteiger partial charge in [-0.2, -0.15) is 11.8 Å². The Kier molecular flexibility index (Phi) is 11.1. The standard InChI is InChI=1S/C13H21N3OS.HI/c1-17-10-11-6-3-4-7-12(11)16-13(14)15-8-5-9-18-2;/h3-4,6-7H,5,8-10H2,1-2H3,(H3,14,15,16);1H. The number of rotatable bonds is 7. The molecule has 6 heteroatoms. The van der Waals surface area contributed by atoms with Crippen molar-refractivity contribution in [1.29, 1.82) is 0 Å². The van der Waals surface area contributed by atoms with E-state index >= 15 is 0 Å². The molecule has 0 radical (unpaired) electrons. The molecule has 0 fully saturated rings. The van der Waals surface area contributed by atoms with Crippen LogP contribution >= 0.6 is 35.7 Å². The SMILES string of the molecule is COCc1ccccc1NC(N)=NCCCSC.I. The van der Waals surface area contributed by atoms with Crippen LogP contribution in [-0.2, 0) is 11.3 Å². The summed E-state index contributed by atoms with van der Waals surface area (Å²) in [6.07, 6.45) is 3.13. The summed E-state index contributed by atoms with van der Waals surface area (Å²) in [5.74, 6) is 1.57. The number of nitrogens with one attached hydrogen (secondary N) is 1. The third kappa shape index (κ3) is 7.64. The fourth-order valence-corrected chi connectivity index (χ4v) is 1.93. The summed E-state index contributed by atoms with van der Waals surface area (Å²) in [5, 5.41) is 3.11. The van der Waals surface area contributed by atoms with E-state index in [1.807, 2.05) is 36.0 Å². The first kappa shape index (κ1) is 18.5. The normalized spacial score (nSPS) is 10.9. The average Bonchev–Trinajstić information content (AvgIpc) is 2.37. The number of hydrogen-bond donors (Lipinski definition) is 2. The molecule has 1 aromatic rings. The van der Waals surface area contributed by atoms with Crippen LogP contribution in [0.4, 0.5) is 5.69 Å². The molecule has 0 heterocycles. The molecule has 0 aliphatic rings. The van der Waals surface area contributed by atoms with Gasteiger partial charge in [-0.3, -0.25) is 4.99 Å². The number of methoxy groups -OCH3 is 1. The molecular weight excluding hydrogens is 373 g/mol. The highest BCUT2D eigenvalue weighted by atomic mass is 127. The molecule has 0 unspecified atom stereocenters. The maximum atomic E-state index is 5.84.